The lowest BCUT2D eigenvalue weighted by atomic mass is 10.3. The molecule has 29 heavy (non-hydrogen) atoms. The maximum atomic E-state index is 12.5. The van der Waals surface area contributed by atoms with E-state index in [0.717, 1.165) is 12.1 Å². The fraction of sp³-hybridized carbons (Fsp3) is 0.100. The van der Waals surface area contributed by atoms with Crippen LogP contribution in [0.4, 0.5) is 18.9 Å². The number of ether oxygens (including phenoxy) is 3. The number of pyridine rings is 1. The number of rotatable bonds is 6. The van der Waals surface area contributed by atoms with Crippen molar-refractivity contribution >= 4 is 11.6 Å². The number of benzene rings is 2. The topological polar surface area (TPSA) is 69.7 Å². The van der Waals surface area contributed by atoms with Crippen LogP contribution in [0.15, 0.2) is 66.7 Å². The van der Waals surface area contributed by atoms with Gasteiger partial charge in [-0.15, -0.1) is 13.2 Å². The molecule has 2 aromatic carbocycles. The molecule has 1 N–H and O–H groups in total. The number of amides is 1. The number of halogens is 3. The van der Waals surface area contributed by atoms with Crippen LogP contribution >= 0.6 is 0 Å². The number of carbonyl (C=O) groups excluding carboxylic acids is 1. The SMILES string of the molecule is COc1cc(Oc2cccc(OC(F)(F)F)c2)nc(C(=O)Nc2ccccc2)c1. The average Bonchev–Trinajstić information content (AvgIpc) is 2.67. The van der Waals surface area contributed by atoms with Gasteiger partial charge in [0.1, 0.15) is 22.9 Å². The second-order valence-corrected chi connectivity index (χ2v) is 5.68. The molecule has 0 spiro atoms. The second kappa shape index (κ2) is 8.51. The Hall–Kier alpha value is -3.75. The second-order valence-electron chi connectivity index (χ2n) is 5.68. The van der Waals surface area contributed by atoms with Crippen molar-refractivity contribution in [2.24, 2.45) is 0 Å². The summed E-state index contributed by atoms with van der Waals surface area (Å²) in [6.07, 6.45) is -4.82. The Morgan fingerprint density at radius 3 is 2.34 bits per heavy atom. The van der Waals surface area contributed by atoms with E-state index in [1.165, 1.54) is 31.4 Å². The smallest absolute Gasteiger partial charge is 0.496 e. The molecule has 0 bridgehead atoms. The van der Waals surface area contributed by atoms with E-state index in [1.54, 1.807) is 24.3 Å². The molecule has 0 atom stereocenters. The van der Waals surface area contributed by atoms with Gasteiger partial charge in [0.15, 0.2) is 0 Å². The number of hydrogen-bond donors (Lipinski definition) is 1. The Kier molecular flexibility index (Phi) is 5.87. The summed E-state index contributed by atoms with van der Waals surface area (Å²) in [7, 11) is 1.40. The molecule has 1 amide bonds. The fourth-order valence-electron chi connectivity index (χ4n) is 2.34. The maximum absolute atomic E-state index is 12.5. The number of nitrogens with zero attached hydrogens (tertiary/aromatic N) is 1. The molecule has 9 heteroatoms. The van der Waals surface area contributed by atoms with E-state index in [-0.39, 0.29) is 23.1 Å². The maximum Gasteiger partial charge on any atom is 0.573 e. The van der Waals surface area contributed by atoms with Crippen LogP contribution in [0.2, 0.25) is 0 Å². The molecule has 0 fully saturated rings. The summed E-state index contributed by atoms with van der Waals surface area (Å²) >= 11 is 0. The first-order valence-electron chi connectivity index (χ1n) is 8.28. The van der Waals surface area contributed by atoms with Gasteiger partial charge in [0.2, 0.25) is 5.88 Å². The summed E-state index contributed by atoms with van der Waals surface area (Å²) in [5, 5.41) is 2.68. The Balaban J connectivity index is 1.82. The molecule has 6 nitrogen and oxygen atoms in total. The van der Waals surface area contributed by atoms with E-state index >= 15 is 0 Å². The predicted octanol–water partition coefficient (Wildman–Crippen LogP) is 5.03. The van der Waals surface area contributed by atoms with Crippen LogP contribution in [0.1, 0.15) is 10.5 Å². The molecule has 3 aromatic rings. The van der Waals surface area contributed by atoms with E-state index in [2.05, 4.69) is 15.0 Å². The van der Waals surface area contributed by atoms with E-state index in [4.69, 9.17) is 9.47 Å². The lowest BCUT2D eigenvalue weighted by molar-refractivity contribution is -0.274. The summed E-state index contributed by atoms with van der Waals surface area (Å²) in [5.41, 5.74) is 0.576. The third-order valence-corrected chi connectivity index (χ3v) is 3.54. The fourth-order valence-corrected chi connectivity index (χ4v) is 2.34. The average molecular weight is 404 g/mol. The minimum absolute atomic E-state index is 0.00546. The zero-order valence-electron chi connectivity index (χ0n) is 15.1. The highest BCUT2D eigenvalue weighted by Crippen LogP contribution is 2.29. The summed E-state index contributed by atoms with van der Waals surface area (Å²) in [5.74, 6) is -0.654. The predicted molar refractivity (Wildman–Crippen MR) is 98.4 cm³/mol. The lowest BCUT2D eigenvalue weighted by Gasteiger charge is -2.12. The molecule has 3 rings (SSSR count). The standard InChI is InChI=1S/C20H15F3N2O4/c1-27-16-11-17(19(26)24-13-6-3-2-4-7-13)25-18(12-16)28-14-8-5-9-15(10-14)29-20(21,22)23/h2-12H,1H3,(H,24,26). The minimum Gasteiger partial charge on any atom is -0.496 e. The quantitative estimate of drug-likeness (QED) is 0.624. The number of nitrogens with one attached hydrogen (secondary N) is 1. The van der Waals surface area contributed by atoms with Crippen molar-refractivity contribution < 1.29 is 32.2 Å². The van der Waals surface area contributed by atoms with Crippen molar-refractivity contribution in [3.05, 3.63) is 72.4 Å². The molecule has 0 aliphatic rings. The number of aromatic nitrogens is 1. The molecule has 0 unspecified atom stereocenters. The van der Waals surface area contributed by atoms with Crippen molar-refractivity contribution in [1.82, 2.24) is 4.98 Å². The van der Waals surface area contributed by atoms with E-state index in [9.17, 15) is 18.0 Å². The molecule has 0 aliphatic heterocycles. The highest BCUT2D eigenvalue weighted by molar-refractivity contribution is 6.03. The van der Waals surface area contributed by atoms with Crippen molar-refractivity contribution in [3.8, 4) is 23.1 Å². The third-order valence-electron chi connectivity index (χ3n) is 3.54. The summed E-state index contributed by atoms with van der Waals surface area (Å²) < 4.78 is 51.7. The normalized spacial score (nSPS) is 10.9. The number of alkyl halides is 3. The first-order chi connectivity index (χ1) is 13.8. The van der Waals surface area contributed by atoms with Crippen molar-refractivity contribution in [2.45, 2.75) is 6.36 Å². The van der Waals surface area contributed by atoms with Crippen LogP contribution in [-0.2, 0) is 0 Å². The molecule has 1 aromatic heterocycles. The third kappa shape index (κ3) is 5.86. The number of carbonyl (C=O) groups is 1. The van der Waals surface area contributed by atoms with Gasteiger partial charge in [-0.1, -0.05) is 24.3 Å². The Bertz CT molecular complexity index is 995. The number of para-hydroxylation sites is 1. The first-order valence-corrected chi connectivity index (χ1v) is 8.28. The van der Waals surface area contributed by atoms with Crippen LogP contribution in [0.5, 0.6) is 23.1 Å². The van der Waals surface area contributed by atoms with Gasteiger partial charge in [0, 0.05) is 23.9 Å². The molecule has 0 radical (unpaired) electrons. The summed E-state index contributed by atoms with van der Waals surface area (Å²) in [6, 6.07) is 16.5. The highest BCUT2D eigenvalue weighted by atomic mass is 19.4. The molecule has 0 saturated carbocycles. The van der Waals surface area contributed by atoms with Gasteiger partial charge in [-0.25, -0.2) is 4.98 Å². The van der Waals surface area contributed by atoms with Gasteiger partial charge in [-0.05, 0) is 24.3 Å². The summed E-state index contributed by atoms with van der Waals surface area (Å²) in [4.78, 5) is 16.6. The van der Waals surface area contributed by atoms with E-state index < -0.39 is 18.0 Å². The highest BCUT2D eigenvalue weighted by Gasteiger charge is 2.31. The zero-order valence-corrected chi connectivity index (χ0v) is 15.1. The van der Waals surface area contributed by atoms with Gasteiger partial charge in [-0.3, -0.25) is 4.79 Å². The number of hydrogen-bond acceptors (Lipinski definition) is 5. The lowest BCUT2D eigenvalue weighted by Crippen LogP contribution is -2.17. The molecule has 0 saturated heterocycles. The van der Waals surface area contributed by atoms with Crippen molar-refractivity contribution in [3.63, 3.8) is 0 Å². The van der Waals surface area contributed by atoms with Crippen LogP contribution in [0.3, 0.4) is 0 Å². The van der Waals surface area contributed by atoms with Crippen LogP contribution < -0.4 is 19.5 Å². The Morgan fingerprint density at radius 1 is 0.931 bits per heavy atom. The molecular formula is C20H15F3N2O4. The molecule has 0 aliphatic carbocycles. The number of anilines is 1. The zero-order chi connectivity index (χ0) is 20.9. The van der Waals surface area contributed by atoms with Gasteiger partial charge in [0.25, 0.3) is 5.91 Å². The van der Waals surface area contributed by atoms with Crippen molar-refractivity contribution in [1.29, 1.82) is 0 Å². The minimum atomic E-state index is -4.82. The summed E-state index contributed by atoms with van der Waals surface area (Å²) in [6.45, 7) is 0. The van der Waals surface area contributed by atoms with Crippen LogP contribution in [0, 0.1) is 0 Å². The van der Waals surface area contributed by atoms with Gasteiger partial charge < -0.3 is 19.5 Å². The Morgan fingerprint density at radius 2 is 1.66 bits per heavy atom. The molecule has 150 valence electrons. The number of methoxy groups -OCH3 is 1. The van der Waals surface area contributed by atoms with Crippen LogP contribution in [0.25, 0.3) is 0 Å². The van der Waals surface area contributed by atoms with Gasteiger partial charge in [-0.2, -0.15) is 0 Å². The van der Waals surface area contributed by atoms with Crippen LogP contribution in [-0.4, -0.2) is 24.4 Å². The van der Waals surface area contributed by atoms with Crippen molar-refractivity contribution in [2.75, 3.05) is 12.4 Å². The first kappa shape index (κ1) is 20.0. The van der Waals surface area contributed by atoms with Gasteiger partial charge >= 0.3 is 6.36 Å². The Labute approximate surface area is 163 Å². The van der Waals surface area contributed by atoms with E-state index in [1.807, 2.05) is 6.07 Å². The monoisotopic (exact) mass is 404 g/mol. The van der Waals surface area contributed by atoms with E-state index in [0.29, 0.717) is 5.69 Å². The largest absolute Gasteiger partial charge is 0.573 e. The molecular weight excluding hydrogens is 389 g/mol. The molecule has 1 heterocycles. The van der Waals surface area contributed by atoms with Gasteiger partial charge in [0.05, 0.1) is 7.11 Å².